The summed E-state index contributed by atoms with van der Waals surface area (Å²) in [6.45, 7) is 0.349. The van der Waals surface area contributed by atoms with Gasteiger partial charge in [0.2, 0.25) is 0 Å². The number of anilines is 1. The average Bonchev–Trinajstić information content (AvgIpc) is 2.39. The minimum absolute atomic E-state index is 0.0255. The fraction of sp³-hybridized carbons (Fsp3) is 0.143. The highest BCUT2D eigenvalue weighted by molar-refractivity contribution is 6.31. The molecule has 3 N–H and O–H groups in total. The molecule has 0 aliphatic heterocycles. The van der Waals surface area contributed by atoms with Crippen molar-refractivity contribution in [3.63, 3.8) is 0 Å². The van der Waals surface area contributed by atoms with E-state index in [1.807, 2.05) is 12.1 Å². The predicted molar refractivity (Wildman–Crippen MR) is 72.6 cm³/mol. The maximum Gasteiger partial charge on any atom is 0.119 e. The minimum Gasteiger partial charge on any atom is -0.489 e. The zero-order chi connectivity index (χ0) is 13.0. The molecule has 2 aromatic carbocycles. The van der Waals surface area contributed by atoms with Gasteiger partial charge in [0, 0.05) is 16.3 Å². The van der Waals surface area contributed by atoms with E-state index in [1.54, 1.807) is 30.3 Å². The van der Waals surface area contributed by atoms with E-state index in [2.05, 4.69) is 0 Å². The normalized spacial score (nSPS) is 10.3. The Bertz CT molecular complexity index is 506. The van der Waals surface area contributed by atoms with Crippen LogP contribution in [-0.2, 0) is 13.2 Å². The van der Waals surface area contributed by atoms with Crippen LogP contribution >= 0.6 is 11.6 Å². The molecule has 0 saturated heterocycles. The third-order valence-corrected chi connectivity index (χ3v) is 3.00. The highest BCUT2D eigenvalue weighted by Gasteiger charge is 2.05. The molecule has 2 aromatic rings. The first-order chi connectivity index (χ1) is 8.70. The Kier molecular flexibility index (Phi) is 4.07. The molecular weight excluding hydrogens is 250 g/mol. The maximum absolute atomic E-state index is 8.93. The lowest BCUT2D eigenvalue weighted by Gasteiger charge is -2.10. The van der Waals surface area contributed by atoms with Crippen molar-refractivity contribution in [1.29, 1.82) is 0 Å². The third kappa shape index (κ3) is 2.94. The van der Waals surface area contributed by atoms with E-state index in [-0.39, 0.29) is 6.61 Å². The summed E-state index contributed by atoms with van der Waals surface area (Å²) in [7, 11) is 0. The van der Waals surface area contributed by atoms with Crippen LogP contribution in [0.25, 0.3) is 0 Å². The van der Waals surface area contributed by atoms with Crippen molar-refractivity contribution in [1.82, 2.24) is 0 Å². The van der Waals surface area contributed by atoms with E-state index in [1.165, 1.54) is 0 Å². The van der Waals surface area contributed by atoms with Gasteiger partial charge in [-0.1, -0.05) is 29.8 Å². The second-order valence-electron chi connectivity index (χ2n) is 3.90. The van der Waals surface area contributed by atoms with Crippen LogP contribution in [0.2, 0.25) is 5.02 Å². The number of ether oxygens (including phenoxy) is 1. The fourth-order valence-corrected chi connectivity index (χ4v) is 1.81. The van der Waals surface area contributed by atoms with Crippen LogP contribution in [0.1, 0.15) is 11.1 Å². The van der Waals surface area contributed by atoms with Gasteiger partial charge in [0.15, 0.2) is 0 Å². The van der Waals surface area contributed by atoms with Crippen molar-refractivity contribution in [2.45, 2.75) is 13.2 Å². The van der Waals surface area contributed by atoms with Gasteiger partial charge in [-0.25, -0.2) is 0 Å². The third-order valence-electron chi connectivity index (χ3n) is 2.64. The summed E-state index contributed by atoms with van der Waals surface area (Å²) in [6.07, 6.45) is 0. The molecule has 0 heterocycles. The molecule has 0 unspecified atom stereocenters. The van der Waals surface area contributed by atoms with Crippen LogP contribution in [0.4, 0.5) is 5.69 Å². The van der Waals surface area contributed by atoms with Gasteiger partial charge in [0.1, 0.15) is 12.4 Å². The molecule has 3 nitrogen and oxygen atoms in total. The number of halogens is 1. The van der Waals surface area contributed by atoms with Crippen LogP contribution < -0.4 is 10.5 Å². The van der Waals surface area contributed by atoms with Crippen molar-refractivity contribution in [3.05, 3.63) is 58.6 Å². The van der Waals surface area contributed by atoms with E-state index >= 15 is 0 Å². The number of nitrogens with two attached hydrogens (primary N) is 1. The Morgan fingerprint density at radius 1 is 1.11 bits per heavy atom. The van der Waals surface area contributed by atoms with Crippen molar-refractivity contribution < 1.29 is 9.84 Å². The Labute approximate surface area is 111 Å². The predicted octanol–water partition coefficient (Wildman–Crippen LogP) is 2.99. The number of hydrogen-bond donors (Lipinski definition) is 2. The molecule has 0 aliphatic rings. The molecule has 2 rings (SSSR count). The molecule has 0 atom stereocenters. The lowest BCUT2D eigenvalue weighted by Crippen LogP contribution is -2.01. The van der Waals surface area contributed by atoms with Gasteiger partial charge in [0.05, 0.1) is 6.61 Å². The highest BCUT2D eigenvalue weighted by Crippen LogP contribution is 2.24. The molecule has 0 bridgehead atoms. The van der Waals surface area contributed by atoms with Gasteiger partial charge in [-0.15, -0.1) is 0 Å². The zero-order valence-corrected chi connectivity index (χ0v) is 10.5. The summed E-state index contributed by atoms with van der Waals surface area (Å²) in [5, 5.41) is 9.53. The van der Waals surface area contributed by atoms with E-state index < -0.39 is 0 Å². The molecule has 4 heteroatoms. The first-order valence-electron chi connectivity index (χ1n) is 5.56. The summed E-state index contributed by atoms with van der Waals surface area (Å²) in [5.74, 6) is 0.714. The average molecular weight is 264 g/mol. The van der Waals surface area contributed by atoms with Gasteiger partial charge >= 0.3 is 0 Å². The Hall–Kier alpha value is -1.71. The van der Waals surface area contributed by atoms with Crippen molar-refractivity contribution in [2.24, 2.45) is 0 Å². The van der Waals surface area contributed by atoms with E-state index in [0.29, 0.717) is 23.1 Å². The topological polar surface area (TPSA) is 55.5 Å². The number of benzene rings is 2. The Morgan fingerprint density at radius 3 is 2.44 bits per heavy atom. The Balaban J connectivity index is 2.06. The zero-order valence-electron chi connectivity index (χ0n) is 9.77. The molecule has 0 aliphatic carbocycles. The standard InChI is InChI=1S/C14H14ClNO2/c15-13-2-1-3-14(16)12(13)9-18-11-6-4-10(8-17)5-7-11/h1-7,17H,8-9,16H2. The van der Waals surface area contributed by atoms with Gasteiger partial charge in [-0.2, -0.15) is 0 Å². The van der Waals surface area contributed by atoms with Gasteiger partial charge in [-0.05, 0) is 29.8 Å². The summed E-state index contributed by atoms with van der Waals surface area (Å²) in [5.41, 5.74) is 8.08. The maximum atomic E-state index is 8.93. The SMILES string of the molecule is Nc1cccc(Cl)c1COc1ccc(CO)cc1. The van der Waals surface area contributed by atoms with Crippen molar-refractivity contribution in [3.8, 4) is 5.75 Å². The number of rotatable bonds is 4. The lowest BCUT2D eigenvalue weighted by molar-refractivity contribution is 0.281. The summed E-state index contributed by atoms with van der Waals surface area (Å²) >= 11 is 6.05. The van der Waals surface area contributed by atoms with E-state index in [4.69, 9.17) is 27.2 Å². The van der Waals surface area contributed by atoms with Crippen LogP contribution in [0, 0.1) is 0 Å². The molecule has 18 heavy (non-hydrogen) atoms. The second-order valence-corrected chi connectivity index (χ2v) is 4.31. The van der Waals surface area contributed by atoms with Crippen LogP contribution in [0.15, 0.2) is 42.5 Å². The molecular formula is C14H14ClNO2. The largest absolute Gasteiger partial charge is 0.489 e. The minimum atomic E-state index is 0.0255. The van der Waals surface area contributed by atoms with E-state index in [9.17, 15) is 0 Å². The fourth-order valence-electron chi connectivity index (χ4n) is 1.57. The monoisotopic (exact) mass is 263 g/mol. The molecule has 0 radical (unpaired) electrons. The number of nitrogen functional groups attached to an aromatic ring is 1. The van der Waals surface area contributed by atoms with Gasteiger partial charge < -0.3 is 15.6 Å². The molecule has 0 saturated carbocycles. The van der Waals surface area contributed by atoms with Crippen LogP contribution in [0.5, 0.6) is 5.75 Å². The summed E-state index contributed by atoms with van der Waals surface area (Å²) < 4.78 is 5.61. The Morgan fingerprint density at radius 2 is 1.83 bits per heavy atom. The molecule has 0 aromatic heterocycles. The van der Waals surface area contributed by atoms with E-state index in [0.717, 1.165) is 11.1 Å². The molecule has 0 amide bonds. The van der Waals surface area contributed by atoms with Crippen molar-refractivity contribution >= 4 is 17.3 Å². The number of aliphatic hydroxyl groups is 1. The first-order valence-corrected chi connectivity index (χ1v) is 5.94. The summed E-state index contributed by atoms with van der Waals surface area (Å²) in [4.78, 5) is 0. The number of aliphatic hydroxyl groups excluding tert-OH is 1. The highest BCUT2D eigenvalue weighted by atomic mass is 35.5. The summed E-state index contributed by atoms with van der Waals surface area (Å²) in [6, 6.07) is 12.6. The second kappa shape index (κ2) is 5.76. The number of hydrogen-bond acceptors (Lipinski definition) is 3. The van der Waals surface area contributed by atoms with Crippen molar-refractivity contribution in [2.75, 3.05) is 5.73 Å². The van der Waals surface area contributed by atoms with Crippen LogP contribution in [0.3, 0.4) is 0 Å². The van der Waals surface area contributed by atoms with Gasteiger partial charge in [0.25, 0.3) is 0 Å². The quantitative estimate of drug-likeness (QED) is 0.834. The molecule has 0 spiro atoms. The smallest absolute Gasteiger partial charge is 0.119 e. The molecule has 94 valence electrons. The van der Waals surface area contributed by atoms with Gasteiger partial charge in [-0.3, -0.25) is 0 Å². The lowest BCUT2D eigenvalue weighted by atomic mass is 10.2. The first kappa shape index (κ1) is 12.7. The molecule has 0 fully saturated rings. The van der Waals surface area contributed by atoms with Crippen LogP contribution in [-0.4, -0.2) is 5.11 Å².